The fourth-order valence-corrected chi connectivity index (χ4v) is 5.82. The van der Waals surface area contributed by atoms with Crippen LogP contribution in [0.25, 0.3) is 6.08 Å². The molecule has 0 saturated heterocycles. The molecule has 3 aromatic carbocycles. The standard InChI is InChI=1S/C28H18N6O9S2/c1-13-8-17-18(21(36)7-6-20(17)35)11-19(13)32-34-27-23(45(41,42)43)10-15-9-22(44(38,39)40)26(25(30)24(15)28(27)37)33-31-16-4-2-14(12-29)3-5-16/h2-11,32H,30H2,1H3,(H,38,39,40)(H,41,42,43)/b33-31+,34-27-. The summed E-state index contributed by atoms with van der Waals surface area (Å²) in [5, 5.41) is 20.5. The molecule has 0 aromatic heterocycles. The highest BCUT2D eigenvalue weighted by atomic mass is 32.2. The van der Waals surface area contributed by atoms with E-state index in [0.29, 0.717) is 11.1 Å². The van der Waals surface area contributed by atoms with Crippen molar-refractivity contribution in [1.29, 1.82) is 5.26 Å². The van der Waals surface area contributed by atoms with E-state index in [1.807, 2.05) is 6.07 Å². The lowest BCUT2D eigenvalue weighted by Gasteiger charge is -2.20. The zero-order valence-electron chi connectivity index (χ0n) is 22.7. The van der Waals surface area contributed by atoms with E-state index in [2.05, 4.69) is 20.8 Å². The maximum atomic E-state index is 13.7. The van der Waals surface area contributed by atoms with Gasteiger partial charge in [-0.1, -0.05) is 0 Å². The summed E-state index contributed by atoms with van der Waals surface area (Å²) in [4.78, 5) is 36.3. The molecule has 0 unspecified atom stereocenters. The van der Waals surface area contributed by atoms with E-state index < -0.39 is 75.6 Å². The Kier molecular flexibility index (Phi) is 7.60. The van der Waals surface area contributed by atoms with E-state index in [-0.39, 0.29) is 22.5 Å². The van der Waals surface area contributed by atoms with Gasteiger partial charge >= 0.3 is 0 Å². The van der Waals surface area contributed by atoms with Gasteiger partial charge in [-0.25, -0.2) is 0 Å². The second-order valence-corrected chi connectivity index (χ2v) is 12.4. The predicted molar refractivity (Wildman–Crippen MR) is 160 cm³/mol. The van der Waals surface area contributed by atoms with Crippen molar-refractivity contribution in [2.24, 2.45) is 15.3 Å². The van der Waals surface area contributed by atoms with Crippen LogP contribution in [0.1, 0.15) is 47.8 Å². The Morgan fingerprint density at radius 3 is 2.09 bits per heavy atom. The number of nitrogens with zero attached hydrogens (tertiary/aromatic N) is 4. The Morgan fingerprint density at radius 2 is 1.51 bits per heavy atom. The first-order chi connectivity index (χ1) is 21.1. The highest BCUT2D eigenvalue weighted by molar-refractivity contribution is 7.91. The van der Waals surface area contributed by atoms with Crippen LogP contribution in [0.5, 0.6) is 0 Å². The van der Waals surface area contributed by atoms with Crippen molar-refractivity contribution < 1.29 is 40.3 Å². The third-order valence-corrected chi connectivity index (χ3v) is 8.42. The molecular formula is C28H18N6O9S2. The van der Waals surface area contributed by atoms with Crippen molar-refractivity contribution in [2.75, 3.05) is 11.2 Å². The van der Waals surface area contributed by atoms with Crippen LogP contribution in [0, 0.1) is 18.3 Å². The maximum absolute atomic E-state index is 13.7. The number of hydrogen-bond acceptors (Lipinski definition) is 13. The molecule has 0 aliphatic heterocycles. The van der Waals surface area contributed by atoms with Gasteiger partial charge in [0.15, 0.2) is 17.3 Å². The van der Waals surface area contributed by atoms with Crippen LogP contribution in [-0.4, -0.2) is 49.0 Å². The fourth-order valence-electron chi connectivity index (χ4n) is 4.49. The van der Waals surface area contributed by atoms with E-state index in [1.165, 1.54) is 36.4 Å². The molecule has 2 aliphatic rings. The summed E-state index contributed by atoms with van der Waals surface area (Å²) in [6.07, 6.45) is 2.93. The minimum atomic E-state index is -5.17. The number of anilines is 2. The second kappa shape index (κ2) is 11.1. The summed E-state index contributed by atoms with van der Waals surface area (Å²) in [5.74, 6) is -2.08. The molecule has 5 rings (SSSR count). The van der Waals surface area contributed by atoms with Crippen LogP contribution in [0.2, 0.25) is 0 Å². The number of azo groups is 1. The lowest BCUT2D eigenvalue weighted by atomic mass is 9.92. The van der Waals surface area contributed by atoms with Crippen LogP contribution >= 0.6 is 0 Å². The Labute approximate surface area is 254 Å². The number of allylic oxidation sites excluding steroid dienone is 3. The quantitative estimate of drug-likeness (QED) is 0.128. The summed E-state index contributed by atoms with van der Waals surface area (Å²) < 4.78 is 69.0. The van der Waals surface area contributed by atoms with Crippen molar-refractivity contribution in [3.8, 4) is 6.07 Å². The van der Waals surface area contributed by atoms with Crippen LogP contribution in [0.4, 0.5) is 22.7 Å². The molecule has 2 aliphatic carbocycles. The molecule has 17 heteroatoms. The normalized spacial score (nSPS) is 15.6. The summed E-state index contributed by atoms with van der Waals surface area (Å²) in [6, 6.07) is 10.9. The first kappa shape index (κ1) is 30.8. The van der Waals surface area contributed by atoms with Gasteiger partial charge in [-0.15, -0.1) is 5.11 Å². The highest BCUT2D eigenvalue weighted by Crippen LogP contribution is 2.41. The summed E-state index contributed by atoms with van der Waals surface area (Å²) in [6.45, 7) is 1.55. The first-order valence-electron chi connectivity index (χ1n) is 12.5. The lowest BCUT2D eigenvalue weighted by molar-refractivity contribution is 0.0994. The van der Waals surface area contributed by atoms with Gasteiger partial charge in [0, 0.05) is 11.1 Å². The Balaban J connectivity index is 1.65. The zero-order valence-corrected chi connectivity index (χ0v) is 24.3. The number of ketones is 3. The van der Waals surface area contributed by atoms with E-state index in [0.717, 1.165) is 24.3 Å². The molecule has 0 amide bonds. The molecule has 226 valence electrons. The average Bonchev–Trinajstić information content (AvgIpc) is 2.97. The van der Waals surface area contributed by atoms with Gasteiger partial charge in [-0.3, -0.25) is 28.9 Å². The Morgan fingerprint density at radius 1 is 0.889 bits per heavy atom. The van der Waals surface area contributed by atoms with Gasteiger partial charge in [0.25, 0.3) is 20.2 Å². The molecule has 0 atom stereocenters. The SMILES string of the molecule is Cc1cc2c(cc1N/N=C1\C(=O)c3c(cc(S(=O)(=O)O)c(/N=N/c4ccc(C#N)cc4)c3N)C=C1S(=O)(=O)O)C(=O)C=CC2=O. The summed E-state index contributed by atoms with van der Waals surface area (Å²) in [5.41, 5.74) is 6.72. The zero-order chi connectivity index (χ0) is 32.8. The van der Waals surface area contributed by atoms with Gasteiger partial charge in [0.05, 0.1) is 34.3 Å². The number of carbonyl (C=O) groups excluding carboxylic acids is 3. The van der Waals surface area contributed by atoms with Crippen molar-refractivity contribution in [2.45, 2.75) is 11.8 Å². The Hall–Kier alpha value is -5.67. The van der Waals surface area contributed by atoms with Crippen molar-refractivity contribution >= 4 is 72.1 Å². The van der Waals surface area contributed by atoms with E-state index in [9.17, 15) is 40.3 Å². The van der Waals surface area contributed by atoms with Crippen LogP contribution in [0.15, 0.2) is 79.7 Å². The molecule has 0 radical (unpaired) electrons. The van der Waals surface area contributed by atoms with Gasteiger partial charge < -0.3 is 5.73 Å². The number of nitrogens with one attached hydrogen (secondary N) is 1. The lowest BCUT2D eigenvalue weighted by Crippen LogP contribution is -2.28. The number of Topliss-reactive ketones (excluding diaryl/α,β-unsaturated/α-hetero) is 1. The molecule has 0 spiro atoms. The number of aryl methyl sites for hydroxylation is 1. The molecule has 0 saturated carbocycles. The van der Waals surface area contributed by atoms with Crippen molar-refractivity contribution in [3.63, 3.8) is 0 Å². The summed E-state index contributed by atoms with van der Waals surface area (Å²) in [7, 11) is -10.3. The number of nitriles is 1. The fraction of sp³-hybridized carbons (Fsp3) is 0.0357. The van der Waals surface area contributed by atoms with Crippen LogP contribution in [0.3, 0.4) is 0 Å². The third-order valence-electron chi connectivity index (χ3n) is 6.68. The first-order valence-corrected chi connectivity index (χ1v) is 15.3. The largest absolute Gasteiger partial charge is 0.396 e. The average molecular weight is 647 g/mol. The molecule has 5 N–H and O–H groups in total. The number of fused-ring (bicyclic) bond motifs is 2. The molecule has 0 fully saturated rings. The number of carbonyl (C=O) groups is 3. The van der Waals surface area contributed by atoms with Gasteiger partial charge in [0.1, 0.15) is 15.5 Å². The number of hydrogen-bond donors (Lipinski definition) is 4. The van der Waals surface area contributed by atoms with Crippen molar-refractivity contribution in [3.05, 3.63) is 92.9 Å². The number of benzene rings is 3. The number of nitrogens with two attached hydrogens (primary N) is 1. The van der Waals surface area contributed by atoms with Gasteiger partial charge in [-0.2, -0.15) is 32.3 Å². The smallest absolute Gasteiger partial charge is 0.296 e. The highest BCUT2D eigenvalue weighted by Gasteiger charge is 2.37. The topological polar surface area (TPSA) is 259 Å². The van der Waals surface area contributed by atoms with E-state index >= 15 is 0 Å². The van der Waals surface area contributed by atoms with Crippen LogP contribution < -0.4 is 11.2 Å². The van der Waals surface area contributed by atoms with Crippen molar-refractivity contribution in [1.82, 2.24) is 0 Å². The Bertz CT molecular complexity index is 2260. The number of hydrazone groups is 1. The predicted octanol–water partition coefficient (Wildman–Crippen LogP) is 3.94. The summed E-state index contributed by atoms with van der Waals surface area (Å²) >= 11 is 0. The van der Waals surface area contributed by atoms with Crippen LogP contribution in [-0.2, 0) is 20.2 Å². The molecule has 0 bridgehead atoms. The third kappa shape index (κ3) is 5.81. The maximum Gasteiger partial charge on any atom is 0.296 e. The molecule has 0 heterocycles. The monoisotopic (exact) mass is 646 g/mol. The number of nitrogen functional groups attached to an aromatic ring is 1. The van der Waals surface area contributed by atoms with E-state index in [4.69, 9.17) is 11.0 Å². The minimum absolute atomic E-state index is 0.0286. The van der Waals surface area contributed by atoms with Gasteiger partial charge in [0.2, 0.25) is 5.78 Å². The molecule has 15 nitrogen and oxygen atoms in total. The molecular weight excluding hydrogens is 628 g/mol. The van der Waals surface area contributed by atoms with E-state index in [1.54, 1.807) is 6.92 Å². The second-order valence-electron chi connectivity index (χ2n) is 9.59. The molecule has 45 heavy (non-hydrogen) atoms. The molecule has 3 aromatic rings. The van der Waals surface area contributed by atoms with Gasteiger partial charge in [-0.05, 0) is 78.7 Å². The minimum Gasteiger partial charge on any atom is -0.396 e. The number of rotatable bonds is 6.